The number of nitrogens with zero attached hydrogens (tertiary/aromatic N) is 4. The predicted molar refractivity (Wildman–Crippen MR) is 351 cm³/mol. The van der Waals surface area contributed by atoms with E-state index in [2.05, 4.69) is 104 Å². The van der Waals surface area contributed by atoms with Crippen LogP contribution in [0.5, 0.6) is 11.5 Å². The monoisotopic (exact) mass is 1320 g/mol. The molecule has 0 bridgehead atoms. The van der Waals surface area contributed by atoms with E-state index in [9.17, 15) is 21.9 Å². The van der Waals surface area contributed by atoms with E-state index in [1.165, 1.54) is 0 Å². The van der Waals surface area contributed by atoms with Crippen LogP contribution in [-0.4, -0.2) is 22.2 Å². The molecule has 0 amide bonds. The molecular weight excluding hydrogens is 1230 g/mol. The van der Waals surface area contributed by atoms with Crippen LogP contribution in [0.1, 0.15) is 105 Å². The Morgan fingerprint density at radius 3 is 1.69 bits per heavy atom. The zero-order chi connectivity index (χ0) is 74.5. The van der Waals surface area contributed by atoms with Crippen molar-refractivity contribution in [1.82, 2.24) is 14.1 Å². The van der Waals surface area contributed by atoms with Gasteiger partial charge in [-0.25, -0.2) is 4.98 Å². The molecule has 3 heterocycles. The molecule has 0 spiro atoms. The van der Waals surface area contributed by atoms with Gasteiger partial charge in [0.15, 0.2) is 8.07 Å². The molecule has 0 unspecified atom stereocenters. The van der Waals surface area contributed by atoms with E-state index in [0.717, 1.165) is 38.5 Å². The SMILES string of the molecule is [2H]c1c([2H])c([2H])c([Si](c2c([2H])c([2H])c([2H])c([2H])c2[2H])(c2c([2H])c([2H])c([2H])c([2H])c2[2H])c2c([2H])c([2H])c([2H])c(-c3cccc(-c4cc(C(C)(C)C)cc(C(C)(C)C)c4)c3-[n+]3[c-]n(-c4[c-]c(Oc5[c-]c6c(cc5)c5ccccc5n6-c5cc(C(C)(C)C)ccn5)ccc4)c4ccccc43)c2[2H])c([2H])c1[2H].[Pt]. The van der Waals surface area contributed by atoms with Crippen molar-refractivity contribution in [2.75, 3.05) is 0 Å². The van der Waals surface area contributed by atoms with E-state index in [1.807, 2.05) is 91.1 Å². The van der Waals surface area contributed by atoms with Crippen LogP contribution in [-0.2, 0) is 37.3 Å². The largest absolute Gasteiger partial charge is 0.510 e. The number of hydrogen-bond acceptors (Lipinski definition) is 2. The number of benzene rings is 10. The fraction of sp³-hybridized carbons (Fsp3) is 0.154. The van der Waals surface area contributed by atoms with Crippen molar-refractivity contribution in [2.24, 2.45) is 0 Å². The van der Waals surface area contributed by atoms with Crippen LogP contribution in [0.2, 0.25) is 0 Å². The van der Waals surface area contributed by atoms with Crippen molar-refractivity contribution in [3.05, 3.63) is 284 Å². The summed E-state index contributed by atoms with van der Waals surface area (Å²) in [5, 5.41) is -1.79. The molecule has 7 heteroatoms. The minimum Gasteiger partial charge on any atom is -0.510 e. The molecule has 0 aliphatic heterocycles. The molecular formula is C78H68N4OPtSi-2. The second-order valence-corrected chi connectivity index (χ2v) is 27.4. The second-order valence-electron chi connectivity index (χ2n) is 23.9. The topological polar surface area (TPSA) is 35.9 Å². The molecule has 0 atom stereocenters. The second kappa shape index (κ2) is 22.4. The zero-order valence-electron chi connectivity index (χ0n) is 67.2. The van der Waals surface area contributed by atoms with Gasteiger partial charge in [0.1, 0.15) is 5.82 Å². The van der Waals surface area contributed by atoms with Crippen molar-refractivity contribution in [3.8, 4) is 50.9 Å². The minimum atomic E-state index is -6.24. The Hall–Kier alpha value is -8.67. The summed E-state index contributed by atoms with van der Waals surface area (Å²) in [5.74, 6) is 1.38. The molecule has 0 aliphatic carbocycles. The van der Waals surface area contributed by atoms with Crippen molar-refractivity contribution >= 4 is 61.7 Å². The summed E-state index contributed by atoms with van der Waals surface area (Å²) in [6.07, 6.45) is 5.40. The molecule has 0 saturated heterocycles. The predicted octanol–water partition coefficient (Wildman–Crippen LogP) is 16.2. The normalized spacial score (nSPS) is 15.3. The van der Waals surface area contributed by atoms with Gasteiger partial charge in [0.2, 0.25) is 0 Å². The molecule has 3 aromatic heterocycles. The maximum absolute atomic E-state index is 11.0. The number of aromatic nitrogens is 4. The third-order valence-corrected chi connectivity index (χ3v) is 19.3. The van der Waals surface area contributed by atoms with Crippen LogP contribution >= 0.6 is 0 Å². The summed E-state index contributed by atoms with van der Waals surface area (Å²) in [7, 11) is -6.24. The van der Waals surface area contributed by atoms with Crippen molar-refractivity contribution in [3.63, 3.8) is 0 Å². The number of ether oxygens (including phenoxy) is 1. The molecule has 0 aliphatic rings. The van der Waals surface area contributed by atoms with Gasteiger partial charge < -0.3 is 13.9 Å². The van der Waals surface area contributed by atoms with Crippen molar-refractivity contribution < 1.29 is 56.4 Å². The number of fused-ring (bicyclic) bond motifs is 4. The molecule has 5 nitrogen and oxygen atoms in total. The maximum atomic E-state index is 11.0. The molecule has 422 valence electrons. The average Bonchev–Trinajstić information content (AvgIpc) is 0.768. The van der Waals surface area contributed by atoms with E-state index in [-0.39, 0.29) is 37.7 Å². The Kier molecular flexibility index (Phi) is 10.1. The van der Waals surface area contributed by atoms with Crippen LogP contribution < -0.4 is 30.1 Å². The fourth-order valence-corrected chi connectivity index (χ4v) is 14.5. The summed E-state index contributed by atoms with van der Waals surface area (Å²) in [5.41, 5.74) is 5.86. The zero-order valence-corrected chi connectivity index (χ0v) is 51.5. The number of pyridine rings is 1. The van der Waals surface area contributed by atoms with Gasteiger partial charge in [-0.3, -0.25) is 4.57 Å². The molecule has 13 aromatic rings. The molecule has 0 radical (unpaired) electrons. The van der Waals surface area contributed by atoms with Crippen molar-refractivity contribution in [2.45, 2.75) is 78.6 Å². The standard InChI is InChI=1S/C78H68N4OSi.Pt/c1-76(2,3)56-44-45-79-74(50-56)82-70-39-20-19-36-68(70)69-43-42-61(52-73(69)82)83-60-28-24-27-59(51-60)80-53-81(72-41-22-21-40-71(72)80)75-66(37-25-38-67(75)55-46-57(77(4,5)6)49-58(47-55)78(7,8)9)54-26-23-35-65(48-54)84(62-29-13-10-14-30-62,63-31-15-11-16-32-63)64-33-17-12-18-34-64;/h10-50H,1-9H3;/q-2;/i10D,11D,12D,13D,14D,15D,16D,17D,18D,23D,26D,29D,30D,31D,32D,33D,34D,35D,48D;. The summed E-state index contributed by atoms with van der Waals surface area (Å²) < 4.78 is 194. The number of rotatable bonds is 11. The molecule has 0 N–H and O–H groups in total. The van der Waals surface area contributed by atoms with Crippen LogP contribution in [0.4, 0.5) is 0 Å². The molecule has 10 aromatic carbocycles. The third kappa shape index (κ3) is 10.5. The van der Waals surface area contributed by atoms with E-state index in [0.29, 0.717) is 45.2 Å². The fourth-order valence-electron chi connectivity index (χ4n) is 10.9. The number of para-hydroxylation sites is 4. The van der Waals surface area contributed by atoms with Crippen molar-refractivity contribution in [1.29, 1.82) is 0 Å². The van der Waals surface area contributed by atoms with Gasteiger partial charge in [0, 0.05) is 44.3 Å². The first-order valence-corrected chi connectivity index (χ1v) is 29.6. The molecule has 13 rings (SSSR count). The summed E-state index contributed by atoms with van der Waals surface area (Å²) in [6, 6.07) is 27.3. The van der Waals surface area contributed by atoms with Gasteiger partial charge in [0.25, 0.3) is 6.33 Å². The summed E-state index contributed by atoms with van der Waals surface area (Å²) >= 11 is 0. The molecule has 85 heavy (non-hydrogen) atoms. The minimum absolute atomic E-state index is 0. The van der Waals surface area contributed by atoms with Crippen LogP contribution in [0.3, 0.4) is 0 Å². The van der Waals surface area contributed by atoms with Gasteiger partial charge in [0.05, 0.1) is 42.8 Å². The maximum Gasteiger partial charge on any atom is 0.268 e. The Balaban J connectivity index is 0.0000102. The van der Waals surface area contributed by atoms with Gasteiger partial charge in [-0.1, -0.05) is 261 Å². The average molecular weight is 1320 g/mol. The van der Waals surface area contributed by atoms with E-state index < -0.39 is 160 Å². The Morgan fingerprint density at radius 2 is 1.06 bits per heavy atom. The number of hydrogen-bond donors (Lipinski definition) is 0. The van der Waals surface area contributed by atoms with Crippen LogP contribution in [0, 0.1) is 18.5 Å². The first-order chi connectivity index (χ1) is 48.4. The van der Waals surface area contributed by atoms with E-state index >= 15 is 0 Å². The Labute approximate surface area is 542 Å². The summed E-state index contributed by atoms with van der Waals surface area (Å²) in [4.78, 5) is 4.85. The number of imidazole rings is 1. The van der Waals surface area contributed by atoms with Crippen LogP contribution in [0.15, 0.2) is 248 Å². The molecule has 0 saturated carbocycles. The summed E-state index contributed by atoms with van der Waals surface area (Å²) in [6.45, 7) is 18.9. The van der Waals surface area contributed by atoms with Gasteiger partial charge in [-0.2, -0.15) is 18.2 Å². The van der Waals surface area contributed by atoms with E-state index in [4.69, 9.17) is 13.8 Å². The Bertz CT molecular complexity index is 5490. The third-order valence-electron chi connectivity index (χ3n) is 15.3. The molecule has 0 fully saturated rings. The van der Waals surface area contributed by atoms with Crippen LogP contribution in [0.25, 0.3) is 72.3 Å². The van der Waals surface area contributed by atoms with E-state index in [1.54, 1.807) is 33.4 Å². The smallest absolute Gasteiger partial charge is 0.268 e. The van der Waals surface area contributed by atoms with Gasteiger partial charge >= 0.3 is 0 Å². The first kappa shape index (κ1) is 38.3. The first-order valence-electron chi connectivity index (χ1n) is 37.1. The Morgan fingerprint density at radius 1 is 0.494 bits per heavy atom. The van der Waals surface area contributed by atoms with Gasteiger partial charge in [-0.15, -0.1) is 29.7 Å². The quantitative estimate of drug-likeness (QED) is 0.0560. The van der Waals surface area contributed by atoms with Gasteiger partial charge in [-0.05, 0) is 105 Å².